The number of aromatic amines is 1. The van der Waals surface area contributed by atoms with Crippen molar-refractivity contribution in [3.8, 4) is 12.1 Å². The van der Waals surface area contributed by atoms with Crippen LogP contribution in [0.4, 0.5) is 0 Å². The number of nitriles is 2. The molecule has 0 atom stereocenters. The number of hydrogen-bond donors (Lipinski definition) is 1. The quantitative estimate of drug-likeness (QED) is 0.524. The van der Waals surface area contributed by atoms with Gasteiger partial charge in [-0.25, -0.2) is 4.79 Å². The zero-order chi connectivity index (χ0) is 14.5. The van der Waals surface area contributed by atoms with Crippen LogP contribution in [0.2, 0.25) is 0 Å². The maximum absolute atomic E-state index is 11.6. The summed E-state index contributed by atoms with van der Waals surface area (Å²) in [7, 11) is 0. The molecule has 0 amide bonds. The van der Waals surface area contributed by atoms with Gasteiger partial charge < -0.3 is 9.72 Å². The third kappa shape index (κ3) is 2.52. The maximum atomic E-state index is 11.6. The van der Waals surface area contributed by atoms with E-state index < -0.39 is 5.97 Å². The highest BCUT2D eigenvalue weighted by molar-refractivity contribution is 6.01. The van der Waals surface area contributed by atoms with Crippen LogP contribution >= 0.6 is 0 Å². The van der Waals surface area contributed by atoms with Crippen molar-refractivity contribution in [1.82, 2.24) is 4.98 Å². The third-order valence-corrected chi connectivity index (χ3v) is 2.76. The van der Waals surface area contributed by atoms with Gasteiger partial charge in [0.15, 0.2) is 0 Å². The molecule has 0 aliphatic carbocycles. The molecule has 0 aliphatic heterocycles. The highest BCUT2D eigenvalue weighted by Gasteiger charge is 2.11. The average Bonchev–Trinajstić information content (AvgIpc) is 2.86. The molecule has 0 saturated carbocycles. The topological polar surface area (TPSA) is 89.7 Å². The van der Waals surface area contributed by atoms with E-state index in [1.807, 2.05) is 6.07 Å². The van der Waals surface area contributed by atoms with E-state index in [1.165, 1.54) is 6.08 Å². The number of hydrogen-bond acceptors (Lipinski definition) is 4. The van der Waals surface area contributed by atoms with E-state index in [9.17, 15) is 4.79 Å². The van der Waals surface area contributed by atoms with Crippen molar-refractivity contribution in [2.24, 2.45) is 0 Å². The van der Waals surface area contributed by atoms with E-state index in [-0.39, 0.29) is 12.2 Å². The second-order valence-corrected chi connectivity index (χ2v) is 4.01. The van der Waals surface area contributed by atoms with Crippen molar-refractivity contribution in [3.05, 3.63) is 41.1 Å². The van der Waals surface area contributed by atoms with Crippen molar-refractivity contribution in [1.29, 1.82) is 10.5 Å². The number of nitrogens with one attached hydrogen (secondary N) is 1. The Bertz CT molecular complexity index is 772. The first kappa shape index (κ1) is 13.4. The summed E-state index contributed by atoms with van der Waals surface area (Å²) < 4.78 is 4.81. The van der Waals surface area contributed by atoms with Crippen LogP contribution in [0.1, 0.15) is 18.1 Å². The Morgan fingerprint density at radius 1 is 1.45 bits per heavy atom. The molecule has 20 heavy (non-hydrogen) atoms. The first-order chi connectivity index (χ1) is 9.69. The molecule has 0 aliphatic rings. The zero-order valence-electron chi connectivity index (χ0n) is 10.8. The smallest absolute Gasteiger partial charge is 0.348 e. The molecule has 2 rings (SSSR count). The normalized spacial score (nSPS) is 10.8. The number of carbonyl (C=O) groups is 1. The molecule has 0 radical (unpaired) electrons. The summed E-state index contributed by atoms with van der Waals surface area (Å²) in [5, 5.41) is 18.7. The van der Waals surface area contributed by atoms with Gasteiger partial charge in [-0.3, -0.25) is 0 Å². The summed E-state index contributed by atoms with van der Waals surface area (Å²) in [5.74, 6) is -0.652. The fourth-order valence-electron chi connectivity index (χ4n) is 1.83. The molecule has 1 N–H and O–H groups in total. The molecular weight excluding hydrogens is 254 g/mol. The number of aromatic nitrogens is 1. The lowest BCUT2D eigenvalue weighted by molar-refractivity contribution is -0.137. The Hall–Kier alpha value is -3.05. The van der Waals surface area contributed by atoms with Gasteiger partial charge >= 0.3 is 5.97 Å². The monoisotopic (exact) mass is 265 g/mol. The molecule has 5 nitrogen and oxygen atoms in total. The van der Waals surface area contributed by atoms with Crippen LogP contribution < -0.4 is 0 Å². The van der Waals surface area contributed by atoms with Crippen molar-refractivity contribution in [2.75, 3.05) is 6.61 Å². The molecule has 0 unspecified atom stereocenters. The lowest BCUT2D eigenvalue weighted by atomic mass is 10.1. The van der Waals surface area contributed by atoms with Crippen LogP contribution in [0.25, 0.3) is 17.0 Å². The molecular formula is C15H11N3O2. The van der Waals surface area contributed by atoms with Crippen molar-refractivity contribution in [3.63, 3.8) is 0 Å². The molecule has 0 spiro atoms. The SMILES string of the molecule is CCOC(=O)/C(C#N)=C/c1c[nH]c2ccc(C#N)cc12. The van der Waals surface area contributed by atoms with Gasteiger partial charge in [0.2, 0.25) is 0 Å². The number of nitrogens with zero attached hydrogens (tertiary/aromatic N) is 2. The molecule has 1 heterocycles. The lowest BCUT2D eigenvalue weighted by Crippen LogP contribution is -2.05. The van der Waals surface area contributed by atoms with Gasteiger partial charge in [0.05, 0.1) is 18.2 Å². The summed E-state index contributed by atoms with van der Waals surface area (Å²) in [5.41, 5.74) is 1.94. The van der Waals surface area contributed by atoms with Crippen molar-refractivity contribution in [2.45, 2.75) is 6.92 Å². The fraction of sp³-hybridized carbons (Fsp3) is 0.133. The van der Waals surface area contributed by atoms with Gasteiger partial charge in [-0.1, -0.05) is 0 Å². The molecule has 5 heteroatoms. The number of carbonyl (C=O) groups excluding carboxylic acids is 1. The second kappa shape index (κ2) is 5.73. The first-order valence-corrected chi connectivity index (χ1v) is 5.99. The van der Waals surface area contributed by atoms with E-state index >= 15 is 0 Å². The Morgan fingerprint density at radius 2 is 2.25 bits per heavy atom. The van der Waals surface area contributed by atoms with E-state index in [4.69, 9.17) is 15.3 Å². The number of ether oxygens (including phenoxy) is 1. The Morgan fingerprint density at radius 3 is 2.90 bits per heavy atom. The minimum absolute atomic E-state index is 0.0740. The van der Waals surface area contributed by atoms with Crippen LogP contribution in [-0.2, 0) is 9.53 Å². The highest BCUT2D eigenvalue weighted by Crippen LogP contribution is 2.22. The largest absolute Gasteiger partial charge is 0.462 e. The first-order valence-electron chi connectivity index (χ1n) is 5.99. The summed E-state index contributed by atoms with van der Waals surface area (Å²) in [6.07, 6.45) is 3.14. The molecule has 0 bridgehead atoms. The lowest BCUT2D eigenvalue weighted by Gasteiger charge is -1.99. The summed E-state index contributed by atoms with van der Waals surface area (Å²) >= 11 is 0. The fourth-order valence-corrected chi connectivity index (χ4v) is 1.83. The van der Waals surface area contributed by atoms with Gasteiger partial charge in [-0.15, -0.1) is 0 Å². The van der Waals surface area contributed by atoms with Crippen LogP contribution in [0.5, 0.6) is 0 Å². The molecule has 2 aromatic rings. The van der Waals surface area contributed by atoms with E-state index in [0.717, 1.165) is 10.9 Å². The molecule has 1 aromatic heterocycles. The number of fused-ring (bicyclic) bond motifs is 1. The molecule has 0 fully saturated rings. The summed E-state index contributed by atoms with van der Waals surface area (Å²) in [4.78, 5) is 14.6. The third-order valence-electron chi connectivity index (χ3n) is 2.76. The predicted molar refractivity (Wildman–Crippen MR) is 73.2 cm³/mol. The van der Waals surface area contributed by atoms with Crippen LogP contribution in [0, 0.1) is 22.7 Å². The Kier molecular flexibility index (Phi) is 3.83. The van der Waals surface area contributed by atoms with Crippen molar-refractivity contribution >= 4 is 22.9 Å². The number of benzene rings is 1. The standard InChI is InChI=1S/C15H11N3O2/c1-2-20-15(19)11(8-17)6-12-9-18-14-4-3-10(7-16)5-13(12)14/h3-6,9,18H,2H2,1H3/b11-6+. The summed E-state index contributed by atoms with van der Waals surface area (Å²) in [6.45, 7) is 1.89. The van der Waals surface area contributed by atoms with Gasteiger partial charge in [0.1, 0.15) is 11.6 Å². The number of rotatable bonds is 3. The minimum Gasteiger partial charge on any atom is -0.462 e. The van der Waals surface area contributed by atoms with Gasteiger partial charge in [-0.2, -0.15) is 10.5 Å². The molecule has 0 saturated heterocycles. The van der Waals surface area contributed by atoms with Crippen LogP contribution in [0.15, 0.2) is 30.0 Å². The van der Waals surface area contributed by atoms with E-state index in [2.05, 4.69) is 11.1 Å². The predicted octanol–water partition coefficient (Wildman–Crippen LogP) is 2.51. The van der Waals surface area contributed by atoms with Gasteiger partial charge in [-0.05, 0) is 31.2 Å². The van der Waals surface area contributed by atoms with Gasteiger partial charge in [0.25, 0.3) is 0 Å². The number of esters is 1. The Balaban J connectivity index is 2.50. The molecule has 1 aromatic carbocycles. The van der Waals surface area contributed by atoms with Crippen LogP contribution in [0.3, 0.4) is 0 Å². The van der Waals surface area contributed by atoms with Crippen molar-refractivity contribution < 1.29 is 9.53 Å². The number of H-pyrrole nitrogens is 1. The highest BCUT2D eigenvalue weighted by atomic mass is 16.5. The van der Waals surface area contributed by atoms with Crippen LogP contribution in [-0.4, -0.2) is 17.6 Å². The average molecular weight is 265 g/mol. The molecule has 98 valence electrons. The maximum Gasteiger partial charge on any atom is 0.348 e. The van der Waals surface area contributed by atoms with E-state index in [1.54, 1.807) is 31.3 Å². The van der Waals surface area contributed by atoms with Gasteiger partial charge in [0, 0.05) is 22.7 Å². The second-order valence-electron chi connectivity index (χ2n) is 4.01. The Labute approximate surface area is 115 Å². The van der Waals surface area contributed by atoms with E-state index in [0.29, 0.717) is 11.1 Å². The summed E-state index contributed by atoms with van der Waals surface area (Å²) in [6, 6.07) is 9.06. The minimum atomic E-state index is -0.652. The zero-order valence-corrected chi connectivity index (χ0v) is 10.8.